The van der Waals surface area contributed by atoms with Gasteiger partial charge in [0, 0.05) is 35.7 Å². The predicted molar refractivity (Wildman–Crippen MR) is 73.4 cm³/mol. The zero-order valence-electron chi connectivity index (χ0n) is 11.3. The molecule has 1 unspecified atom stereocenters. The zero-order chi connectivity index (χ0) is 12.9. The van der Waals surface area contributed by atoms with Gasteiger partial charge in [-0.25, -0.2) is 4.98 Å². The van der Waals surface area contributed by atoms with Gasteiger partial charge in [0.05, 0.1) is 5.01 Å². The molecule has 1 aromatic rings. The number of aryl methyl sites for hydroxylation is 1. The molecular formula is C13H24N2OS. The molecule has 0 aromatic carbocycles. The lowest BCUT2D eigenvalue weighted by Gasteiger charge is -2.31. The summed E-state index contributed by atoms with van der Waals surface area (Å²) in [4.78, 5) is 5.54. The van der Waals surface area contributed by atoms with E-state index in [1.165, 1.54) is 4.88 Å². The van der Waals surface area contributed by atoms with Crippen molar-refractivity contribution in [2.45, 2.75) is 46.6 Å². The molecule has 1 heterocycles. The van der Waals surface area contributed by atoms with Crippen LogP contribution in [0.3, 0.4) is 0 Å². The SMILES string of the molecule is CCC(CC)(CO)CNC(C)c1cnc(C)s1. The average molecular weight is 256 g/mol. The smallest absolute Gasteiger partial charge is 0.0897 e. The molecule has 1 aromatic heterocycles. The minimum absolute atomic E-state index is 0.0218. The Morgan fingerprint density at radius 3 is 2.53 bits per heavy atom. The second-order valence-corrected chi connectivity index (χ2v) is 6.02. The van der Waals surface area contributed by atoms with E-state index in [-0.39, 0.29) is 12.0 Å². The van der Waals surface area contributed by atoms with Gasteiger partial charge in [-0.2, -0.15) is 0 Å². The summed E-state index contributed by atoms with van der Waals surface area (Å²) in [6.07, 6.45) is 3.94. The molecule has 0 radical (unpaired) electrons. The first-order valence-electron chi connectivity index (χ1n) is 6.33. The molecule has 0 saturated heterocycles. The van der Waals surface area contributed by atoms with Crippen molar-refractivity contribution in [1.82, 2.24) is 10.3 Å². The molecule has 0 aliphatic rings. The topological polar surface area (TPSA) is 45.1 Å². The highest BCUT2D eigenvalue weighted by Gasteiger charge is 2.25. The molecule has 0 fully saturated rings. The van der Waals surface area contributed by atoms with E-state index in [0.29, 0.717) is 6.04 Å². The molecule has 0 spiro atoms. The molecule has 2 N–H and O–H groups in total. The van der Waals surface area contributed by atoms with Crippen molar-refractivity contribution in [3.05, 3.63) is 16.1 Å². The number of aliphatic hydroxyl groups excluding tert-OH is 1. The fourth-order valence-corrected chi connectivity index (χ4v) is 2.64. The maximum Gasteiger partial charge on any atom is 0.0897 e. The predicted octanol–water partition coefficient (Wildman–Crippen LogP) is 2.90. The molecule has 98 valence electrons. The van der Waals surface area contributed by atoms with Gasteiger partial charge in [0.1, 0.15) is 0 Å². The molecule has 0 amide bonds. The lowest BCUT2D eigenvalue weighted by Crippen LogP contribution is -2.37. The highest BCUT2D eigenvalue weighted by atomic mass is 32.1. The van der Waals surface area contributed by atoms with E-state index in [1.807, 2.05) is 13.1 Å². The number of nitrogens with one attached hydrogen (secondary N) is 1. The van der Waals surface area contributed by atoms with Crippen molar-refractivity contribution < 1.29 is 5.11 Å². The average Bonchev–Trinajstić information content (AvgIpc) is 2.78. The molecule has 0 saturated carbocycles. The standard InChI is InChI=1S/C13H24N2OS/c1-5-13(6-2,9-16)8-15-10(3)12-7-14-11(4)17-12/h7,10,15-16H,5-6,8-9H2,1-4H3. The second kappa shape index (κ2) is 6.47. The van der Waals surface area contributed by atoms with Gasteiger partial charge in [0.2, 0.25) is 0 Å². The first kappa shape index (κ1) is 14.6. The van der Waals surface area contributed by atoms with E-state index < -0.39 is 0 Å². The van der Waals surface area contributed by atoms with Crippen molar-refractivity contribution in [3.63, 3.8) is 0 Å². The lowest BCUT2D eigenvalue weighted by molar-refractivity contribution is 0.110. The van der Waals surface area contributed by atoms with E-state index in [2.05, 4.69) is 31.1 Å². The number of hydrogen-bond donors (Lipinski definition) is 2. The summed E-state index contributed by atoms with van der Waals surface area (Å²) in [7, 11) is 0. The number of hydrogen-bond acceptors (Lipinski definition) is 4. The van der Waals surface area contributed by atoms with Crippen LogP contribution >= 0.6 is 11.3 Å². The van der Waals surface area contributed by atoms with E-state index in [4.69, 9.17) is 0 Å². The van der Waals surface area contributed by atoms with Crippen LogP contribution in [0, 0.1) is 12.3 Å². The number of rotatable bonds is 7. The molecule has 17 heavy (non-hydrogen) atoms. The van der Waals surface area contributed by atoms with Crippen LogP contribution in [0.1, 0.15) is 49.5 Å². The van der Waals surface area contributed by atoms with Crippen LogP contribution in [0.25, 0.3) is 0 Å². The van der Waals surface area contributed by atoms with Gasteiger partial charge in [-0.3, -0.25) is 0 Å². The minimum atomic E-state index is 0.0218. The van der Waals surface area contributed by atoms with Crippen molar-refractivity contribution in [1.29, 1.82) is 0 Å². The summed E-state index contributed by atoms with van der Waals surface area (Å²) in [6, 6.07) is 0.310. The molecule has 0 bridgehead atoms. The summed E-state index contributed by atoms with van der Waals surface area (Å²) in [5.74, 6) is 0. The Hall–Kier alpha value is -0.450. The maximum atomic E-state index is 9.51. The van der Waals surface area contributed by atoms with Crippen LogP contribution in [0.5, 0.6) is 0 Å². The number of aromatic nitrogens is 1. The fraction of sp³-hybridized carbons (Fsp3) is 0.769. The lowest BCUT2D eigenvalue weighted by atomic mass is 9.83. The summed E-state index contributed by atoms with van der Waals surface area (Å²) < 4.78 is 0. The summed E-state index contributed by atoms with van der Waals surface area (Å²) in [5, 5.41) is 14.1. The van der Waals surface area contributed by atoms with E-state index >= 15 is 0 Å². The Balaban J connectivity index is 2.55. The quantitative estimate of drug-likeness (QED) is 0.788. The third-order valence-corrected chi connectivity index (χ3v) is 4.78. The normalized spacial score (nSPS) is 13.9. The van der Waals surface area contributed by atoms with Gasteiger partial charge in [0.15, 0.2) is 0 Å². The molecular weight excluding hydrogens is 232 g/mol. The summed E-state index contributed by atoms with van der Waals surface area (Å²) >= 11 is 1.73. The highest BCUT2D eigenvalue weighted by molar-refractivity contribution is 7.11. The van der Waals surface area contributed by atoms with Crippen LogP contribution < -0.4 is 5.32 Å². The molecule has 1 atom stereocenters. The zero-order valence-corrected chi connectivity index (χ0v) is 12.1. The second-order valence-electron chi connectivity index (χ2n) is 4.75. The number of thiazole rings is 1. The van der Waals surface area contributed by atoms with Crippen LogP contribution in [0.4, 0.5) is 0 Å². The van der Waals surface area contributed by atoms with Crippen LogP contribution in [-0.4, -0.2) is 23.2 Å². The van der Waals surface area contributed by atoms with Crippen LogP contribution in [0.15, 0.2) is 6.20 Å². The van der Waals surface area contributed by atoms with Crippen LogP contribution in [0.2, 0.25) is 0 Å². The Kier molecular flexibility index (Phi) is 5.56. The maximum absolute atomic E-state index is 9.51. The molecule has 1 rings (SSSR count). The van der Waals surface area contributed by atoms with Gasteiger partial charge < -0.3 is 10.4 Å². The van der Waals surface area contributed by atoms with Crippen molar-refractivity contribution in [2.24, 2.45) is 5.41 Å². The molecule has 3 nitrogen and oxygen atoms in total. The van der Waals surface area contributed by atoms with E-state index in [0.717, 1.165) is 24.4 Å². The van der Waals surface area contributed by atoms with E-state index in [9.17, 15) is 5.11 Å². The van der Waals surface area contributed by atoms with Crippen molar-refractivity contribution in [2.75, 3.05) is 13.2 Å². The molecule has 0 aliphatic heterocycles. The Labute approximate surface area is 108 Å². The van der Waals surface area contributed by atoms with E-state index in [1.54, 1.807) is 11.3 Å². The largest absolute Gasteiger partial charge is 0.396 e. The van der Waals surface area contributed by atoms with Crippen molar-refractivity contribution in [3.8, 4) is 0 Å². The number of aliphatic hydroxyl groups is 1. The summed E-state index contributed by atoms with van der Waals surface area (Å²) in [5.41, 5.74) is 0.0218. The highest BCUT2D eigenvalue weighted by Crippen LogP contribution is 2.26. The third-order valence-electron chi connectivity index (χ3n) is 3.68. The Morgan fingerprint density at radius 2 is 2.12 bits per heavy atom. The van der Waals surface area contributed by atoms with Gasteiger partial charge in [0.25, 0.3) is 0 Å². The minimum Gasteiger partial charge on any atom is -0.396 e. The monoisotopic (exact) mass is 256 g/mol. The Bertz CT molecular complexity index is 326. The van der Waals surface area contributed by atoms with Crippen LogP contribution in [-0.2, 0) is 0 Å². The molecule has 0 aliphatic carbocycles. The summed E-state index contributed by atoms with van der Waals surface area (Å²) in [6.45, 7) is 9.57. The molecule has 4 heteroatoms. The Morgan fingerprint density at radius 1 is 1.47 bits per heavy atom. The van der Waals surface area contributed by atoms with Crippen molar-refractivity contribution >= 4 is 11.3 Å². The van der Waals surface area contributed by atoms with Gasteiger partial charge in [-0.15, -0.1) is 11.3 Å². The van der Waals surface area contributed by atoms with Gasteiger partial charge in [-0.05, 0) is 26.7 Å². The first-order chi connectivity index (χ1) is 8.06. The first-order valence-corrected chi connectivity index (χ1v) is 7.15. The van der Waals surface area contributed by atoms with Gasteiger partial charge in [-0.1, -0.05) is 13.8 Å². The van der Waals surface area contributed by atoms with Gasteiger partial charge >= 0.3 is 0 Å². The fourth-order valence-electron chi connectivity index (χ4n) is 1.83. The number of nitrogens with zero attached hydrogens (tertiary/aromatic N) is 1. The third kappa shape index (κ3) is 3.76.